The highest BCUT2D eigenvalue weighted by Crippen LogP contribution is 2.30. The fourth-order valence-corrected chi connectivity index (χ4v) is 2.07. The first-order valence-corrected chi connectivity index (χ1v) is 4.96. The summed E-state index contributed by atoms with van der Waals surface area (Å²) < 4.78 is 0. The number of allylic oxidation sites excluding steroid dienone is 2. The van der Waals surface area contributed by atoms with Crippen molar-refractivity contribution in [3.8, 4) is 0 Å². The van der Waals surface area contributed by atoms with Gasteiger partial charge in [-0.05, 0) is 37.7 Å². The Bertz CT molecular complexity index is 342. The molecule has 0 saturated heterocycles. The fourth-order valence-electron chi connectivity index (χ4n) is 2.07. The lowest BCUT2D eigenvalue weighted by atomic mass is 9.97. The van der Waals surface area contributed by atoms with Crippen LogP contribution in [0.3, 0.4) is 0 Å². The van der Waals surface area contributed by atoms with Gasteiger partial charge in [-0.1, -0.05) is 11.6 Å². The summed E-state index contributed by atoms with van der Waals surface area (Å²) in [6.07, 6.45) is 8.73. The van der Waals surface area contributed by atoms with Crippen LogP contribution in [0.2, 0.25) is 0 Å². The summed E-state index contributed by atoms with van der Waals surface area (Å²) in [5.41, 5.74) is 2.51. The van der Waals surface area contributed by atoms with Gasteiger partial charge in [-0.25, -0.2) is 9.79 Å². The van der Waals surface area contributed by atoms with Crippen molar-refractivity contribution in [1.82, 2.24) is 0 Å². The number of hydrogen-bond acceptors (Lipinski definition) is 2. The van der Waals surface area contributed by atoms with E-state index in [-0.39, 0.29) is 5.71 Å². The van der Waals surface area contributed by atoms with Gasteiger partial charge in [0.1, 0.15) is 0 Å². The van der Waals surface area contributed by atoms with E-state index in [1.54, 1.807) is 6.20 Å². The van der Waals surface area contributed by atoms with Crippen LogP contribution in [0.25, 0.3) is 0 Å². The van der Waals surface area contributed by atoms with Crippen LogP contribution < -0.4 is 0 Å². The summed E-state index contributed by atoms with van der Waals surface area (Å²) in [5, 5.41) is 8.97. The van der Waals surface area contributed by atoms with Gasteiger partial charge in [0.15, 0.2) is 5.71 Å². The van der Waals surface area contributed by atoms with Crippen LogP contribution in [-0.2, 0) is 4.79 Å². The van der Waals surface area contributed by atoms with E-state index >= 15 is 0 Å². The second-order valence-corrected chi connectivity index (χ2v) is 3.66. The highest BCUT2D eigenvalue weighted by atomic mass is 16.4. The van der Waals surface area contributed by atoms with Crippen molar-refractivity contribution in [3.05, 3.63) is 23.4 Å². The van der Waals surface area contributed by atoms with E-state index in [1.165, 1.54) is 18.4 Å². The fraction of sp³-hybridized carbons (Fsp3) is 0.455. The molecule has 0 spiro atoms. The third-order valence-electron chi connectivity index (χ3n) is 2.75. The summed E-state index contributed by atoms with van der Waals surface area (Å²) in [6.45, 7) is 0. The highest BCUT2D eigenvalue weighted by Gasteiger charge is 2.21. The van der Waals surface area contributed by atoms with Gasteiger partial charge in [0, 0.05) is 6.20 Å². The minimum absolute atomic E-state index is 0.254. The van der Waals surface area contributed by atoms with E-state index in [2.05, 4.69) is 4.99 Å². The second kappa shape index (κ2) is 3.78. The number of rotatable bonds is 1. The quantitative estimate of drug-likeness (QED) is 0.691. The second-order valence-electron chi connectivity index (χ2n) is 3.66. The molecule has 0 unspecified atom stereocenters. The zero-order chi connectivity index (χ0) is 9.97. The molecule has 0 aromatic heterocycles. The monoisotopic (exact) mass is 191 g/mol. The molecular weight excluding hydrogens is 178 g/mol. The molecule has 0 bridgehead atoms. The molecule has 2 rings (SSSR count). The van der Waals surface area contributed by atoms with Crippen molar-refractivity contribution in [2.75, 3.05) is 0 Å². The first-order valence-electron chi connectivity index (χ1n) is 4.96. The van der Waals surface area contributed by atoms with Crippen LogP contribution in [0.1, 0.15) is 32.1 Å². The third-order valence-corrected chi connectivity index (χ3v) is 2.75. The molecule has 74 valence electrons. The summed E-state index contributed by atoms with van der Waals surface area (Å²) in [4.78, 5) is 14.9. The maximum absolute atomic E-state index is 10.9. The molecule has 0 radical (unpaired) electrons. The van der Waals surface area contributed by atoms with Crippen LogP contribution >= 0.6 is 0 Å². The maximum atomic E-state index is 10.9. The number of carboxylic acid groups (broad SMARTS) is 1. The number of hydrogen-bond donors (Lipinski definition) is 1. The molecule has 0 aromatic rings. The molecule has 1 fully saturated rings. The topological polar surface area (TPSA) is 49.7 Å². The van der Waals surface area contributed by atoms with Gasteiger partial charge in [-0.3, -0.25) is 0 Å². The Morgan fingerprint density at radius 2 is 2.07 bits per heavy atom. The standard InChI is InChI=1S/C11H13NO2/c13-11(14)10-9(6-3-7-12-10)8-4-1-2-5-8/h3,7H,1-2,4-6H2,(H,13,14). The molecule has 1 aliphatic heterocycles. The molecular formula is C11H13NO2. The van der Waals surface area contributed by atoms with Gasteiger partial charge in [0.05, 0.1) is 0 Å². The van der Waals surface area contributed by atoms with Crippen LogP contribution in [0.15, 0.2) is 28.4 Å². The van der Waals surface area contributed by atoms with E-state index in [0.717, 1.165) is 24.8 Å². The van der Waals surface area contributed by atoms with Gasteiger partial charge in [0.25, 0.3) is 0 Å². The van der Waals surface area contributed by atoms with Crippen LogP contribution in [-0.4, -0.2) is 16.8 Å². The van der Waals surface area contributed by atoms with E-state index < -0.39 is 5.97 Å². The number of nitrogens with zero attached hydrogens (tertiary/aromatic N) is 1. The Kier molecular flexibility index (Phi) is 2.48. The van der Waals surface area contributed by atoms with Gasteiger partial charge < -0.3 is 5.11 Å². The zero-order valence-corrected chi connectivity index (χ0v) is 7.99. The van der Waals surface area contributed by atoms with Crippen LogP contribution in [0.5, 0.6) is 0 Å². The predicted octanol–water partition coefficient (Wildman–Crippen LogP) is 2.30. The molecule has 1 aliphatic carbocycles. The van der Waals surface area contributed by atoms with Gasteiger partial charge in [-0.15, -0.1) is 0 Å². The summed E-state index contributed by atoms with van der Waals surface area (Å²) in [7, 11) is 0. The average molecular weight is 191 g/mol. The molecule has 3 heteroatoms. The van der Waals surface area contributed by atoms with E-state index in [4.69, 9.17) is 5.11 Å². The number of carbonyl (C=O) groups is 1. The first kappa shape index (κ1) is 9.19. The Balaban J connectivity index is 2.35. The number of aliphatic imine (C=N–C) groups is 1. The lowest BCUT2D eigenvalue weighted by Crippen LogP contribution is -2.18. The Labute approximate surface area is 82.8 Å². The maximum Gasteiger partial charge on any atom is 0.354 e. The minimum atomic E-state index is -0.899. The third kappa shape index (κ3) is 1.62. The van der Waals surface area contributed by atoms with Gasteiger partial charge >= 0.3 is 5.97 Å². The largest absolute Gasteiger partial charge is 0.477 e. The van der Waals surface area contributed by atoms with Gasteiger partial charge in [0.2, 0.25) is 0 Å². The van der Waals surface area contributed by atoms with Crippen molar-refractivity contribution < 1.29 is 9.90 Å². The van der Waals surface area contributed by atoms with E-state index in [0.29, 0.717) is 0 Å². The van der Waals surface area contributed by atoms with E-state index in [9.17, 15) is 4.79 Å². The minimum Gasteiger partial charge on any atom is -0.477 e. The molecule has 2 aliphatic rings. The lowest BCUT2D eigenvalue weighted by molar-refractivity contribution is -0.129. The molecule has 1 saturated carbocycles. The molecule has 0 aromatic carbocycles. The first-order chi connectivity index (χ1) is 6.79. The molecule has 0 atom stereocenters. The lowest BCUT2D eigenvalue weighted by Gasteiger charge is -2.11. The molecule has 14 heavy (non-hydrogen) atoms. The summed E-state index contributed by atoms with van der Waals surface area (Å²) in [6, 6.07) is 0. The van der Waals surface area contributed by atoms with Crippen molar-refractivity contribution in [2.45, 2.75) is 32.1 Å². The van der Waals surface area contributed by atoms with Crippen molar-refractivity contribution in [1.29, 1.82) is 0 Å². The van der Waals surface area contributed by atoms with Crippen LogP contribution in [0, 0.1) is 0 Å². The van der Waals surface area contributed by atoms with Crippen molar-refractivity contribution in [2.24, 2.45) is 4.99 Å². The smallest absolute Gasteiger partial charge is 0.354 e. The molecule has 3 nitrogen and oxygen atoms in total. The van der Waals surface area contributed by atoms with Crippen molar-refractivity contribution in [3.63, 3.8) is 0 Å². The normalized spacial score (nSPS) is 21.3. The van der Waals surface area contributed by atoms with Crippen LogP contribution in [0.4, 0.5) is 0 Å². The highest BCUT2D eigenvalue weighted by molar-refractivity contribution is 6.43. The Morgan fingerprint density at radius 3 is 2.71 bits per heavy atom. The Morgan fingerprint density at radius 1 is 1.36 bits per heavy atom. The average Bonchev–Trinajstić information content (AvgIpc) is 2.70. The van der Waals surface area contributed by atoms with Gasteiger partial charge in [-0.2, -0.15) is 0 Å². The molecule has 1 heterocycles. The predicted molar refractivity (Wildman–Crippen MR) is 54.3 cm³/mol. The van der Waals surface area contributed by atoms with E-state index in [1.807, 2.05) is 6.08 Å². The Hall–Kier alpha value is -1.38. The van der Waals surface area contributed by atoms with Crippen molar-refractivity contribution >= 4 is 11.7 Å². The SMILES string of the molecule is O=C(O)C1=NC=CCC1=C1CCCC1. The zero-order valence-electron chi connectivity index (χ0n) is 7.99. The molecule has 0 amide bonds. The summed E-state index contributed by atoms with van der Waals surface area (Å²) >= 11 is 0. The molecule has 1 N–H and O–H groups in total. The number of aliphatic carboxylic acids is 1. The summed E-state index contributed by atoms with van der Waals surface area (Å²) in [5.74, 6) is -0.899. The number of carboxylic acids is 1.